The summed E-state index contributed by atoms with van der Waals surface area (Å²) in [5.74, 6) is 0.968. The van der Waals surface area contributed by atoms with Crippen molar-refractivity contribution in [2.75, 3.05) is 0 Å². The average Bonchev–Trinajstić information content (AvgIpc) is 2.23. The zero-order chi connectivity index (χ0) is 11.0. The third-order valence-electron chi connectivity index (χ3n) is 2.25. The fraction of sp³-hybridized carbons (Fsp3) is 0.400. The van der Waals surface area contributed by atoms with Gasteiger partial charge in [-0.15, -0.1) is 0 Å². The van der Waals surface area contributed by atoms with Gasteiger partial charge in [-0.1, -0.05) is 13.8 Å². The lowest BCUT2D eigenvalue weighted by Gasteiger charge is -2.06. The maximum absolute atomic E-state index is 11.4. The van der Waals surface area contributed by atoms with E-state index in [2.05, 4.69) is 15.0 Å². The van der Waals surface area contributed by atoms with E-state index in [4.69, 9.17) is 0 Å². The van der Waals surface area contributed by atoms with E-state index in [-0.39, 0.29) is 11.5 Å². The SMILES string of the molecule is CC(C)c1ncc2ncc(=O)n(C)c2n1. The molecule has 5 nitrogen and oxygen atoms in total. The van der Waals surface area contributed by atoms with Crippen molar-refractivity contribution in [2.24, 2.45) is 7.05 Å². The van der Waals surface area contributed by atoms with Gasteiger partial charge in [0.1, 0.15) is 11.3 Å². The van der Waals surface area contributed by atoms with Gasteiger partial charge in [-0.05, 0) is 0 Å². The lowest BCUT2D eigenvalue weighted by Crippen LogP contribution is -2.18. The van der Waals surface area contributed by atoms with Crippen molar-refractivity contribution in [1.82, 2.24) is 19.5 Å². The van der Waals surface area contributed by atoms with Gasteiger partial charge in [-0.2, -0.15) is 0 Å². The van der Waals surface area contributed by atoms with E-state index in [0.717, 1.165) is 5.82 Å². The lowest BCUT2D eigenvalue weighted by atomic mass is 10.2. The van der Waals surface area contributed by atoms with Crippen LogP contribution in [0.4, 0.5) is 0 Å². The molecule has 2 aromatic heterocycles. The Bertz CT molecular complexity index is 559. The first kappa shape index (κ1) is 9.76. The standard InChI is InChI=1S/C10H12N4O/c1-6(2)9-12-4-7-10(13-9)14(3)8(15)5-11-7/h4-6H,1-3H3. The number of hydrogen-bond acceptors (Lipinski definition) is 4. The van der Waals surface area contributed by atoms with Crippen molar-refractivity contribution in [1.29, 1.82) is 0 Å². The Balaban J connectivity index is 2.79. The highest BCUT2D eigenvalue weighted by Crippen LogP contribution is 2.11. The second kappa shape index (κ2) is 3.42. The van der Waals surface area contributed by atoms with E-state index < -0.39 is 0 Å². The molecular formula is C10H12N4O. The molecule has 0 N–H and O–H groups in total. The topological polar surface area (TPSA) is 60.7 Å². The van der Waals surface area contributed by atoms with Crippen LogP contribution in [0.3, 0.4) is 0 Å². The Morgan fingerprint density at radius 3 is 2.67 bits per heavy atom. The molecule has 2 aromatic rings. The minimum atomic E-state index is -0.157. The summed E-state index contributed by atoms with van der Waals surface area (Å²) >= 11 is 0. The van der Waals surface area contributed by atoms with E-state index >= 15 is 0 Å². The first-order valence-electron chi connectivity index (χ1n) is 4.78. The monoisotopic (exact) mass is 204 g/mol. The fourth-order valence-electron chi connectivity index (χ4n) is 1.31. The Kier molecular flexibility index (Phi) is 2.22. The van der Waals surface area contributed by atoms with Crippen molar-refractivity contribution < 1.29 is 0 Å². The number of fused-ring (bicyclic) bond motifs is 1. The third-order valence-corrected chi connectivity index (χ3v) is 2.25. The molecule has 0 bridgehead atoms. The van der Waals surface area contributed by atoms with Gasteiger partial charge in [0.15, 0.2) is 5.65 Å². The molecule has 15 heavy (non-hydrogen) atoms. The van der Waals surface area contributed by atoms with Gasteiger partial charge in [0.05, 0.1) is 12.4 Å². The van der Waals surface area contributed by atoms with E-state index in [9.17, 15) is 4.79 Å². The van der Waals surface area contributed by atoms with Crippen molar-refractivity contribution in [3.63, 3.8) is 0 Å². The van der Waals surface area contributed by atoms with E-state index in [1.165, 1.54) is 10.8 Å². The lowest BCUT2D eigenvalue weighted by molar-refractivity contribution is 0.765. The summed E-state index contributed by atoms with van der Waals surface area (Å²) in [6.45, 7) is 4.02. The molecule has 0 aromatic carbocycles. The highest BCUT2D eigenvalue weighted by atomic mass is 16.1. The maximum Gasteiger partial charge on any atom is 0.270 e. The summed E-state index contributed by atoms with van der Waals surface area (Å²) in [6.07, 6.45) is 2.93. The van der Waals surface area contributed by atoms with Crippen LogP contribution in [-0.4, -0.2) is 19.5 Å². The molecule has 0 aliphatic heterocycles. The van der Waals surface area contributed by atoms with Crippen molar-refractivity contribution in [3.05, 3.63) is 28.6 Å². The molecule has 0 aliphatic rings. The molecule has 0 amide bonds. The Labute approximate surface area is 86.8 Å². The molecule has 0 fully saturated rings. The summed E-state index contributed by atoms with van der Waals surface area (Å²) in [4.78, 5) is 23.9. The molecule has 0 spiro atoms. The van der Waals surface area contributed by atoms with Crippen LogP contribution in [0.25, 0.3) is 11.2 Å². The summed E-state index contributed by atoms with van der Waals surface area (Å²) in [7, 11) is 1.68. The number of aryl methyl sites for hydroxylation is 1. The highest BCUT2D eigenvalue weighted by Gasteiger charge is 2.07. The number of nitrogens with zero attached hydrogens (tertiary/aromatic N) is 4. The average molecular weight is 204 g/mol. The molecule has 78 valence electrons. The minimum Gasteiger partial charge on any atom is -0.293 e. The summed E-state index contributed by atoms with van der Waals surface area (Å²) in [5.41, 5.74) is 1.07. The van der Waals surface area contributed by atoms with E-state index in [1.54, 1.807) is 13.2 Å². The zero-order valence-corrected chi connectivity index (χ0v) is 8.93. The maximum atomic E-state index is 11.4. The summed E-state index contributed by atoms with van der Waals surface area (Å²) in [6, 6.07) is 0. The molecule has 0 radical (unpaired) electrons. The van der Waals surface area contributed by atoms with Gasteiger partial charge in [0.2, 0.25) is 0 Å². The molecule has 0 unspecified atom stereocenters. The second-order valence-corrected chi connectivity index (χ2v) is 3.75. The minimum absolute atomic E-state index is 0.157. The molecule has 0 saturated carbocycles. The van der Waals surface area contributed by atoms with Gasteiger partial charge >= 0.3 is 0 Å². The number of aromatic nitrogens is 4. The predicted octanol–water partition coefficient (Wildman–Crippen LogP) is 0.847. The van der Waals surface area contributed by atoms with Gasteiger partial charge in [-0.3, -0.25) is 9.36 Å². The quantitative estimate of drug-likeness (QED) is 0.690. The van der Waals surface area contributed by atoms with Crippen LogP contribution < -0.4 is 5.56 Å². The smallest absolute Gasteiger partial charge is 0.270 e. The van der Waals surface area contributed by atoms with Crippen molar-refractivity contribution >= 4 is 11.2 Å². The van der Waals surface area contributed by atoms with Crippen LogP contribution in [0, 0.1) is 0 Å². The Morgan fingerprint density at radius 2 is 2.00 bits per heavy atom. The van der Waals surface area contributed by atoms with Crippen molar-refractivity contribution in [2.45, 2.75) is 19.8 Å². The molecular weight excluding hydrogens is 192 g/mol. The largest absolute Gasteiger partial charge is 0.293 e. The summed E-state index contributed by atoms with van der Waals surface area (Å²) in [5, 5.41) is 0. The molecule has 0 aliphatic carbocycles. The fourth-order valence-corrected chi connectivity index (χ4v) is 1.31. The molecule has 0 atom stereocenters. The highest BCUT2D eigenvalue weighted by molar-refractivity contribution is 5.68. The van der Waals surface area contributed by atoms with E-state index in [1.807, 2.05) is 13.8 Å². The van der Waals surface area contributed by atoms with Gasteiger partial charge in [0.25, 0.3) is 5.56 Å². The molecule has 2 rings (SSSR count). The van der Waals surface area contributed by atoms with Crippen LogP contribution in [0.15, 0.2) is 17.2 Å². The Hall–Kier alpha value is -1.78. The van der Waals surface area contributed by atoms with Crippen LogP contribution in [0.5, 0.6) is 0 Å². The summed E-state index contributed by atoms with van der Waals surface area (Å²) < 4.78 is 1.48. The van der Waals surface area contributed by atoms with Crippen LogP contribution in [0.2, 0.25) is 0 Å². The number of hydrogen-bond donors (Lipinski definition) is 0. The molecule has 2 heterocycles. The van der Waals surface area contributed by atoms with Crippen LogP contribution >= 0.6 is 0 Å². The molecule has 0 saturated heterocycles. The van der Waals surface area contributed by atoms with Crippen LogP contribution in [0.1, 0.15) is 25.6 Å². The first-order valence-corrected chi connectivity index (χ1v) is 4.78. The van der Waals surface area contributed by atoms with Crippen molar-refractivity contribution in [3.8, 4) is 0 Å². The van der Waals surface area contributed by atoms with Gasteiger partial charge in [-0.25, -0.2) is 15.0 Å². The number of rotatable bonds is 1. The van der Waals surface area contributed by atoms with Gasteiger partial charge < -0.3 is 0 Å². The first-order chi connectivity index (χ1) is 7.09. The predicted molar refractivity (Wildman–Crippen MR) is 56.7 cm³/mol. The third kappa shape index (κ3) is 1.60. The Morgan fingerprint density at radius 1 is 1.27 bits per heavy atom. The normalized spacial score (nSPS) is 11.2. The van der Waals surface area contributed by atoms with Crippen LogP contribution in [-0.2, 0) is 7.05 Å². The molecule has 5 heteroatoms. The van der Waals surface area contributed by atoms with E-state index in [0.29, 0.717) is 11.2 Å². The van der Waals surface area contributed by atoms with Gasteiger partial charge in [0, 0.05) is 13.0 Å². The second-order valence-electron chi connectivity index (χ2n) is 3.75. The zero-order valence-electron chi connectivity index (χ0n) is 8.93.